The van der Waals surface area contributed by atoms with Gasteiger partial charge in [-0.3, -0.25) is 0 Å². The summed E-state index contributed by atoms with van der Waals surface area (Å²) in [5, 5.41) is 4.31. The van der Waals surface area contributed by atoms with Crippen LogP contribution in [0.3, 0.4) is 0 Å². The molecule has 19 heavy (non-hydrogen) atoms. The smallest absolute Gasteiger partial charge is 0.156 e. The molecule has 1 N–H and O–H groups in total. The molecular formula is C15H21BrClNO. The van der Waals surface area contributed by atoms with Gasteiger partial charge in [0.05, 0.1) is 17.3 Å². The number of halogens is 2. The van der Waals surface area contributed by atoms with Gasteiger partial charge >= 0.3 is 0 Å². The molecule has 0 bridgehead atoms. The van der Waals surface area contributed by atoms with Crippen molar-refractivity contribution in [1.29, 1.82) is 0 Å². The van der Waals surface area contributed by atoms with E-state index in [1.54, 1.807) is 7.11 Å². The van der Waals surface area contributed by atoms with E-state index in [1.165, 1.54) is 32.1 Å². The van der Waals surface area contributed by atoms with Crippen molar-refractivity contribution in [3.63, 3.8) is 0 Å². The third-order valence-corrected chi connectivity index (χ3v) is 4.80. The second kappa shape index (κ2) is 6.85. The van der Waals surface area contributed by atoms with Gasteiger partial charge in [-0.25, -0.2) is 0 Å². The Morgan fingerprint density at radius 2 is 2.00 bits per heavy atom. The van der Waals surface area contributed by atoms with Crippen LogP contribution in [0.2, 0.25) is 5.02 Å². The van der Waals surface area contributed by atoms with Crippen molar-refractivity contribution in [3.05, 3.63) is 21.6 Å². The Hall–Kier alpha value is -0.410. The van der Waals surface area contributed by atoms with Crippen LogP contribution in [-0.2, 0) is 0 Å². The number of hydrogen-bond donors (Lipinski definition) is 1. The Bertz CT molecular complexity index is 430. The average Bonchev–Trinajstić information content (AvgIpc) is 2.39. The highest BCUT2D eigenvalue weighted by atomic mass is 79.9. The summed E-state index contributed by atoms with van der Waals surface area (Å²) in [5.74, 6) is 1.74. The maximum absolute atomic E-state index is 6.12. The molecule has 0 aromatic heterocycles. The number of nitrogens with one attached hydrogen (secondary N) is 1. The molecule has 0 radical (unpaired) electrons. The van der Waals surface area contributed by atoms with Gasteiger partial charge in [0.25, 0.3) is 0 Å². The number of anilines is 1. The minimum absolute atomic E-state index is 0.530. The van der Waals surface area contributed by atoms with Gasteiger partial charge in [-0.05, 0) is 59.7 Å². The molecule has 1 saturated carbocycles. The van der Waals surface area contributed by atoms with E-state index in [2.05, 4.69) is 28.2 Å². The van der Waals surface area contributed by atoms with Crippen LogP contribution < -0.4 is 10.1 Å². The fourth-order valence-corrected chi connectivity index (χ4v) is 3.78. The Morgan fingerprint density at radius 3 is 2.58 bits per heavy atom. The zero-order chi connectivity index (χ0) is 13.8. The molecule has 2 rings (SSSR count). The third-order valence-electron chi connectivity index (χ3n) is 4.00. The van der Waals surface area contributed by atoms with Crippen molar-refractivity contribution < 1.29 is 4.74 Å². The van der Waals surface area contributed by atoms with E-state index in [0.29, 0.717) is 6.04 Å². The Labute approximate surface area is 129 Å². The number of hydrogen-bond acceptors (Lipinski definition) is 2. The SMILES string of the molecule is CCC1CCC(Nc2cc(Cl)cc(Br)c2OC)CC1. The maximum atomic E-state index is 6.12. The quantitative estimate of drug-likeness (QED) is 0.778. The molecule has 4 heteroatoms. The van der Waals surface area contributed by atoms with Gasteiger partial charge in [-0.15, -0.1) is 0 Å². The molecule has 0 unspecified atom stereocenters. The molecule has 0 saturated heterocycles. The standard InChI is InChI=1S/C15H21BrClNO/c1-3-10-4-6-12(7-5-10)18-14-9-11(17)8-13(16)15(14)19-2/h8-10,12,18H,3-7H2,1-2H3. The zero-order valence-corrected chi connectivity index (χ0v) is 13.9. The predicted molar refractivity (Wildman–Crippen MR) is 85.4 cm³/mol. The van der Waals surface area contributed by atoms with Crippen LogP contribution in [0, 0.1) is 5.92 Å². The molecule has 0 heterocycles. The molecule has 1 fully saturated rings. The summed E-state index contributed by atoms with van der Waals surface area (Å²) < 4.78 is 6.34. The van der Waals surface area contributed by atoms with Crippen molar-refractivity contribution in [2.45, 2.75) is 45.1 Å². The molecule has 0 amide bonds. The van der Waals surface area contributed by atoms with Crippen molar-refractivity contribution in [2.75, 3.05) is 12.4 Å². The van der Waals surface area contributed by atoms with E-state index in [9.17, 15) is 0 Å². The largest absolute Gasteiger partial charge is 0.493 e. The maximum Gasteiger partial charge on any atom is 0.156 e. The normalized spacial score (nSPS) is 23.2. The average molecular weight is 347 g/mol. The van der Waals surface area contributed by atoms with Gasteiger partial charge in [0.2, 0.25) is 0 Å². The van der Waals surface area contributed by atoms with Crippen LogP contribution in [0.4, 0.5) is 5.69 Å². The monoisotopic (exact) mass is 345 g/mol. The first-order valence-electron chi connectivity index (χ1n) is 6.93. The first-order valence-corrected chi connectivity index (χ1v) is 8.10. The number of ether oxygens (including phenoxy) is 1. The lowest BCUT2D eigenvalue weighted by Crippen LogP contribution is -2.26. The topological polar surface area (TPSA) is 21.3 Å². The van der Waals surface area contributed by atoms with Crippen LogP contribution in [0.25, 0.3) is 0 Å². The fraction of sp³-hybridized carbons (Fsp3) is 0.600. The van der Waals surface area contributed by atoms with Gasteiger partial charge in [0.1, 0.15) is 0 Å². The molecule has 0 aliphatic heterocycles. The third kappa shape index (κ3) is 3.79. The first-order chi connectivity index (χ1) is 9.13. The van der Waals surface area contributed by atoms with Gasteiger partial charge < -0.3 is 10.1 Å². The summed E-state index contributed by atoms with van der Waals surface area (Å²) in [7, 11) is 1.69. The molecule has 1 aromatic rings. The zero-order valence-electron chi connectivity index (χ0n) is 11.5. The number of rotatable bonds is 4. The van der Waals surface area contributed by atoms with Gasteiger partial charge in [-0.1, -0.05) is 24.9 Å². The lowest BCUT2D eigenvalue weighted by atomic mass is 9.84. The minimum Gasteiger partial charge on any atom is -0.493 e. The Balaban J connectivity index is 2.07. The Kier molecular flexibility index (Phi) is 5.40. The predicted octanol–water partition coefficient (Wildman–Crippen LogP) is 5.49. The highest BCUT2D eigenvalue weighted by molar-refractivity contribution is 9.10. The van der Waals surface area contributed by atoms with E-state index in [1.807, 2.05) is 12.1 Å². The summed E-state index contributed by atoms with van der Waals surface area (Å²) in [6, 6.07) is 4.33. The van der Waals surface area contributed by atoms with E-state index in [0.717, 1.165) is 26.9 Å². The van der Waals surface area contributed by atoms with Gasteiger partial charge in [0, 0.05) is 11.1 Å². The van der Waals surface area contributed by atoms with Gasteiger partial charge in [-0.2, -0.15) is 0 Å². The van der Waals surface area contributed by atoms with E-state index in [-0.39, 0.29) is 0 Å². The molecule has 0 atom stereocenters. The second-order valence-electron chi connectivity index (χ2n) is 5.24. The highest BCUT2D eigenvalue weighted by Crippen LogP contribution is 2.38. The van der Waals surface area contributed by atoms with E-state index >= 15 is 0 Å². The molecule has 2 nitrogen and oxygen atoms in total. The minimum atomic E-state index is 0.530. The molecule has 0 spiro atoms. The molecule has 1 aromatic carbocycles. The molecule has 1 aliphatic rings. The van der Waals surface area contributed by atoms with Crippen LogP contribution in [0.15, 0.2) is 16.6 Å². The highest BCUT2D eigenvalue weighted by Gasteiger charge is 2.21. The molecule has 106 valence electrons. The lowest BCUT2D eigenvalue weighted by Gasteiger charge is -2.29. The number of benzene rings is 1. The summed E-state index contributed by atoms with van der Waals surface area (Å²) in [5.41, 5.74) is 0.988. The van der Waals surface area contributed by atoms with Crippen molar-refractivity contribution in [1.82, 2.24) is 0 Å². The molecular weight excluding hydrogens is 326 g/mol. The van der Waals surface area contributed by atoms with Crippen LogP contribution in [-0.4, -0.2) is 13.2 Å². The lowest BCUT2D eigenvalue weighted by molar-refractivity contribution is 0.329. The summed E-state index contributed by atoms with van der Waals surface area (Å²) in [6.07, 6.45) is 6.40. The van der Waals surface area contributed by atoms with E-state index in [4.69, 9.17) is 16.3 Å². The second-order valence-corrected chi connectivity index (χ2v) is 6.53. The summed E-state index contributed by atoms with van der Waals surface area (Å²) in [6.45, 7) is 2.29. The fourth-order valence-electron chi connectivity index (χ4n) is 2.81. The van der Waals surface area contributed by atoms with Crippen LogP contribution >= 0.6 is 27.5 Å². The molecule has 1 aliphatic carbocycles. The van der Waals surface area contributed by atoms with E-state index < -0.39 is 0 Å². The van der Waals surface area contributed by atoms with Gasteiger partial charge in [0.15, 0.2) is 5.75 Å². The Morgan fingerprint density at radius 1 is 1.32 bits per heavy atom. The van der Waals surface area contributed by atoms with Crippen LogP contribution in [0.1, 0.15) is 39.0 Å². The summed E-state index contributed by atoms with van der Waals surface area (Å²) in [4.78, 5) is 0. The van der Waals surface area contributed by atoms with Crippen molar-refractivity contribution >= 4 is 33.2 Å². The van der Waals surface area contributed by atoms with Crippen molar-refractivity contribution in [2.24, 2.45) is 5.92 Å². The van der Waals surface area contributed by atoms with Crippen LogP contribution in [0.5, 0.6) is 5.75 Å². The van der Waals surface area contributed by atoms with Crippen molar-refractivity contribution in [3.8, 4) is 5.75 Å². The summed E-state index contributed by atoms with van der Waals surface area (Å²) >= 11 is 9.61. The number of methoxy groups -OCH3 is 1. The first kappa shape index (κ1) is 15.0.